The average Bonchev–Trinajstić information content (AvgIpc) is 3.08. The maximum absolute atomic E-state index is 11.7. The Bertz CT molecular complexity index is 1180. The highest BCUT2D eigenvalue weighted by atomic mass is 35.5. The molecule has 1 saturated carbocycles. The van der Waals surface area contributed by atoms with Gasteiger partial charge in [0.15, 0.2) is 0 Å². The van der Waals surface area contributed by atoms with Crippen LogP contribution in [0, 0.1) is 0 Å². The Morgan fingerprint density at radius 1 is 1.21 bits per heavy atom. The zero-order chi connectivity index (χ0) is 23.2. The monoisotopic (exact) mass is 468 g/mol. The molecule has 0 radical (unpaired) electrons. The lowest BCUT2D eigenvalue weighted by Gasteiger charge is -2.45. The van der Waals surface area contributed by atoms with Crippen LogP contribution in [0.4, 0.5) is 5.95 Å². The molecule has 1 N–H and O–H groups in total. The van der Waals surface area contributed by atoms with Crippen LogP contribution in [0.25, 0.3) is 11.0 Å². The molecule has 1 aliphatic heterocycles. The molecule has 1 aromatic carbocycles. The van der Waals surface area contributed by atoms with Crippen LogP contribution < -0.4 is 10.1 Å². The first kappa shape index (κ1) is 21.9. The normalized spacial score (nSPS) is 23.4. The molecule has 33 heavy (non-hydrogen) atoms. The van der Waals surface area contributed by atoms with Crippen LogP contribution in [0.1, 0.15) is 51.0 Å². The first-order valence-electron chi connectivity index (χ1n) is 11.5. The number of hydrogen-bond acceptors (Lipinski definition) is 6. The maximum atomic E-state index is 11.7. The first-order chi connectivity index (χ1) is 15.8. The van der Waals surface area contributed by atoms with Crippen LogP contribution in [0.3, 0.4) is 0 Å². The fraction of sp³-hybridized carbons (Fsp3) is 0.500. The number of amides is 1. The van der Waals surface area contributed by atoms with Gasteiger partial charge >= 0.3 is 0 Å². The minimum Gasteiger partial charge on any atom is -0.474 e. The van der Waals surface area contributed by atoms with Gasteiger partial charge in [0, 0.05) is 57.2 Å². The maximum Gasteiger partial charge on any atom is 0.225 e. The molecular weight excluding hydrogens is 440 g/mol. The standard InChI is InChI=1S/C24H29ClN6O2/c1-15(32)31-10-8-16(9-11-31)18-14-26-22(25)28-21(18)33-17-12-24(2,13-17)29-23-27-19-6-4-5-7-20(19)30(23)3/h4-7,14,16-17H,8-13H2,1-3H3,(H,27,29). The van der Waals surface area contributed by atoms with Gasteiger partial charge in [0.1, 0.15) is 6.10 Å². The summed E-state index contributed by atoms with van der Waals surface area (Å²) in [5, 5.41) is 3.80. The summed E-state index contributed by atoms with van der Waals surface area (Å²) in [6.45, 7) is 5.30. The molecule has 3 aromatic rings. The quantitative estimate of drug-likeness (QED) is 0.566. The summed E-state index contributed by atoms with van der Waals surface area (Å²) in [7, 11) is 2.03. The van der Waals surface area contributed by atoms with E-state index < -0.39 is 0 Å². The average molecular weight is 469 g/mol. The summed E-state index contributed by atoms with van der Waals surface area (Å²) < 4.78 is 8.42. The molecule has 2 aliphatic rings. The molecule has 2 aromatic heterocycles. The summed E-state index contributed by atoms with van der Waals surface area (Å²) in [5.41, 5.74) is 2.96. The van der Waals surface area contributed by atoms with Crippen LogP contribution in [0.5, 0.6) is 5.88 Å². The number of anilines is 1. The van der Waals surface area contributed by atoms with E-state index in [1.54, 1.807) is 13.1 Å². The first-order valence-corrected chi connectivity index (χ1v) is 11.8. The van der Waals surface area contributed by atoms with Crippen molar-refractivity contribution in [3.63, 3.8) is 0 Å². The van der Waals surface area contributed by atoms with Crippen LogP contribution in [-0.2, 0) is 11.8 Å². The molecule has 0 unspecified atom stereocenters. The third kappa shape index (κ3) is 4.36. The van der Waals surface area contributed by atoms with Gasteiger partial charge in [0.25, 0.3) is 0 Å². The van der Waals surface area contributed by atoms with Gasteiger partial charge in [-0.1, -0.05) is 12.1 Å². The third-order valence-corrected chi connectivity index (χ3v) is 7.15. The van der Waals surface area contributed by atoms with Crippen molar-refractivity contribution in [3.8, 4) is 5.88 Å². The zero-order valence-corrected chi connectivity index (χ0v) is 20.0. The number of halogens is 1. The van der Waals surface area contributed by atoms with Crippen molar-refractivity contribution >= 4 is 34.5 Å². The number of benzene rings is 1. The van der Waals surface area contributed by atoms with Gasteiger partial charge in [-0.05, 0) is 49.4 Å². The summed E-state index contributed by atoms with van der Waals surface area (Å²) in [5.74, 6) is 1.82. The summed E-state index contributed by atoms with van der Waals surface area (Å²) in [6.07, 6.45) is 5.24. The van der Waals surface area contributed by atoms with E-state index in [4.69, 9.17) is 21.3 Å². The number of fused-ring (bicyclic) bond motifs is 1. The second kappa shape index (κ2) is 8.48. The fourth-order valence-electron chi connectivity index (χ4n) is 5.05. The number of ether oxygens (including phenoxy) is 1. The molecule has 0 atom stereocenters. The van der Waals surface area contributed by atoms with E-state index in [2.05, 4.69) is 32.8 Å². The molecule has 0 bridgehead atoms. The van der Waals surface area contributed by atoms with E-state index >= 15 is 0 Å². The lowest BCUT2D eigenvalue weighted by molar-refractivity contribution is -0.129. The number of piperidine rings is 1. The summed E-state index contributed by atoms with van der Waals surface area (Å²) in [6, 6.07) is 8.13. The number of aromatic nitrogens is 4. The number of aryl methyl sites for hydroxylation is 1. The number of para-hydroxylation sites is 2. The SMILES string of the molecule is CC(=O)N1CCC(c2cnc(Cl)nc2OC2CC(C)(Nc3nc4ccccc4n3C)C2)CC1. The van der Waals surface area contributed by atoms with Gasteiger partial charge in [-0.25, -0.2) is 9.97 Å². The molecule has 9 heteroatoms. The zero-order valence-electron chi connectivity index (χ0n) is 19.2. The molecule has 1 amide bonds. The molecule has 1 saturated heterocycles. The van der Waals surface area contributed by atoms with Crippen LogP contribution >= 0.6 is 11.6 Å². The largest absolute Gasteiger partial charge is 0.474 e. The van der Waals surface area contributed by atoms with Gasteiger partial charge in [0.2, 0.25) is 23.0 Å². The Kier molecular flexibility index (Phi) is 5.64. The van der Waals surface area contributed by atoms with E-state index in [0.717, 1.165) is 61.3 Å². The topological polar surface area (TPSA) is 85.2 Å². The van der Waals surface area contributed by atoms with Crippen LogP contribution in [0.15, 0.2) is 30.5 Å². The van der Waals surface area contributed by atoms with Crippen molar-refractivity contribution in [2.75, 3.05) is 18.4 Å². The number of carbonyl (C=O) groups is 1. The van der Waals surface area contributed by atoms with Crippen molar-refractivity contribution in [1.29, 1.82) is 0 Å². The Balaban J connectivity index is 1.25. The minimum absolute atomic E-state index is 0.0409. The van der Waals surface area contributed by atoms with E-state index in [9.17, 15) is 4.79 Å². The van der Waals surface area contributed by atoms with Crippen molar-refractivity contribution in [2.45, 2.75) is 57.1 Å². The summed E-state index contributed by atoms with van der Waals surface area (Å²) >= 11 is 6.11. The lowest BCUT2D eigenvalue weighted by Crippen LogP contribution is -2.53. The molecule has 0 spiro atoms. The second-order valence-electron chi connectivity index (χ2n) is 9.50. The number of hydrogen-bond donors (Lipinski definition) is 1. The molecular formula is C24H29ClN6O2. The van der Waals surface area contributed by atoms with E-state index in [1.807, 2.05) is 30.1 Å². The van der Waals surface area contributed by atoms with E-state index in [-0.39, 0.29) is 28.8 Å². The Labute approximate surface area is 198 Å². The number of imidazole rings is 1. The van der Waals surface area contributed by atoms with Crippen molar-refractivity contribution in [2.24, 2.45) is 7.05 Å². The number of nitrogens with one attached hydrogen (secondary N) is 1. The smallest absolute Gasteiger partial charge is 0.225 e. The predicted octanol–water partition coefficient (Wildman–Crippen LogP) is 4.15. The van der Waals surface area contributed by atoms with Gasteiger partial charge in [-0.3, -0.25) is 4.79 Å². The molecule has 174 valence electrons. The van der Waals surface area contributed by atoms with Crippen molar-refractivity contribution < 1.29 is 9.53 Å². The van der Waals surface area contributed by atoms with Gasteiger partial charge in [0.05, 0.1) is 11.0 Å². The number of rotatable bonds is 5. The molecule has 2 fully saturated rings. The second-order valence-corrected chi connectivity index (χ2v) is 9.83. The highest BCUT2D eigenvalue weighted by Crippen LogP contribution is 2.40. The van der Waals surface area contributed by atoms with Gasteiger partial charge in [-0.15, -0.1) is 0 Å². The summed E-state index contributed by atoms with van der Waals surface area (Å²) in [4.78, 5) is 26.9. The highest BCUT2D eigenvalue weighted by molar-refractivity contribution is 6.28. The van der Waals surface area contributed by atoms with Gasteiger partial charge in [-0.2, -0.15) is 4.98 Å². The number of nitrogens with zero attached hydrogens (tertiary/aromatic N) is 5. The van der Waals surface area contributed by atoms with Gasteiger partial charge < -0.3 is 19.5 Å². The Hall–Kier alpha value is -2.87. The van der Waals surface area contributed by atoms with Crippen molar-refractivity contribution in [1.82, 2.24) is 24.4 Å². The van der Waals surface area contributed by atoms with Crippen LogP contribution in [0.2, 0.25) is 5.28 Å². The Morgan fingerprint density at radius 3 is 2.64 bits per heavy atom. The van der Waals surface area contributed by atoms with Crippen molar-refractivity contribution in [3.05, 3.63) is 41.3 Å². The lowest BCUT2D eigenvalue weighted by atomic mass is 9.76. The fourth-order valence-corrected chi connectivity index (χ4v) is 5.18. The molecule has 3 heterocycles. The predicted molar refractivity (Wildman–Crippen MR) is 128 cm³/mol. The molecule has 5 rings (SSSR count). The highest BCUT2D eigenvalue weighted by Gasteiger charge is 2.43. The minimum atomic E-state index is -0.108. The Morgan fingerprint density at radius 2 is 1.94 bits per heavy atom. The number of carbonyl (C=O) groups excluding carboxylic acids is 1. The van der Waals surface area contributed by atoms with Crippen LogP contribution in [-0.4, -0.2) is 55.1 Å². The number of likely N-dealkylation sites (tertiary alicyclic amines) is 1. The molecule has 1 aliphatic carbocycles. The van der Waals surface area contributed by atoms with E-state index in [0.29, 0.717) is 5.88 Å². The van der Waals surface area contributed by atoms with E-state index in [1.165, 1.54) is 0 Å². The molecule has 8 nitrogen and oxygen atoms in total. The third-order valence-electron chi connectivity index (χ3n) is 6.97.